The Kier molecular flexibility index (Phi) is 3.09. The number of nitrogens with zero attached hydrogens (tertiary/aromatic N) is 1. The monoisotopic (exact) mass is 323 g/mol. The lowest BCUT2D eigenvalue weighted by Gasteiger charge is -2.35. The molecule has 1 fully saturated rings. The first kappa shape index (κ1) is 12.7. The van der Waals surface area contributed by atoms with E-state index >= 15 is 0 Å². The highest BCUT2D eigenvalue weighted by Gasteiger charge is 2.44. The van der Waals surface area contributed by atoms with Crippen molar-refractivity contribution in [2.24, 2.45) is 11.8 Å². The summed E-state index contributed by atoms with van der Waals surface area (Å²) in [6.45, 7) is 0.660. The quantitative estimate of drug-likeness (QED) is 0.909. The molecule has 0 saturated heterocycles. The number of amides is 1. The number of carboxylic acids is 1. The zero-order valence-corrected chi connectivity index (χ0v) is 11.9. The van der Waals surface area contributed by atoms with E-state index in [1.165, 1.54) is 0 Å². The van der Waals surface area contributed by atoms with E-state index in [9.17, 15) is 9.59 Å². The summed E-state index contributed by atoms with van der Waals surface area (Å²) in [5.74, 6) is -1.71. The van der Waals surface area contributed by atoms with Crippen LogP contribution < -0.4 is 4.90 Å². The van der Waals surface area contributed by atoms with Crippen molar-refractivity contribution in [1.29, 1.82) is 0 Å². The average molecular weight is 324 g/mol. The van der Waals surface area contributed by atoms with Gasteiger partial charge in [-0.05, 0) is 43.0 Å². The molecule has 1 saturated carbocycles. The summed E-state index contributed by atoms with van der Waals surface area (Å²) >= 11 is 3.42. The van der Waals surface area contributed by atoms with Gasteiger partial charge in [-0.2, -0.15) is 0 Å². The molecule has 1 aliphatic heterocycles. The molecule has 0 radical (unpaired) electrons. The first-order valence-electron chi connectivity index (χ1n) is 6.40. The minimum absolute atomic E-state index is 0.0280. The number of carbonyl (C=O) groups is 2. The summed E-state index contributed by atoms with van der Waals surface area (Å²) in [6, 6.07) is 5.87. The van der Waals surface area contributed by atoms with Gasteiger partial charge >= 0.3 is 5.97 Å². The van der Waals surface area contributed by atoms with Crippen LogP contribution in [0.2, 0.25) is 0 Å². The van der Waals surface area contributed by atoms with Crippen molar-refractivity contribution >= 4 is 33.5 Å². The summed E-state index contributed by atoms with van der Waals surface area (Å²) in [5.41, 5.74) is 2.08. The highest BCUT2D eigenvalue weighted by Crippen LogP contribution is 2.39. The largest absolute Gasteiger partial charge is 0.481 e. The number of anilines is 1. The van der Waals surface area contributed by atoms with Gasteiger partial charge in [-0.15, -0.1) is 0 Å². The lowest BCUT2D eigenvalue weighted by Crippen LogP contribution is -2.45. The van der Waals surface area contributed by atoms with Crippen molar-refractivity contribution in [3.05, 3.63) is 28.2 Å². The molecule has 0 spiro atoms. The Morgan fingerprint density at radius 1 is 1.26 bits per heavy atom. The number of rotatable bonds is 2. The van der Waals surface area contributed by atoms with Crippen molar-refractivity contribution in [2.75, 3.05) is 11.4 Å². The Balaban J connectivity index is 1.82. The third kappa shape index (κ3) is 2.06. The summed E-state index contributed by atoms with van der Waals surface area (Å²) < 4.78 is 1.01. The molecular formula is C14H14BrNO3. The Morgan fingerprint density at radius 2 is 2.00 bits per heavy atom. The van der Waals surface area contributed by atoms with Gasteiger partial charge in [0.25, 0.3) is 0 Å². The van der Waals surface area contributed by atoms with Crippen LogP contribution in [0, 0.1) is 11.8 Å². The standard InChI is InChI=1S/C14H14BrNO3/c15-9-1-4-12-8(7-9)5-6-16(12)13(17)10-2-3-11(10)14(18)19/h1,4,7,10-11H,2-3,5-6H2,(H,18,19). The van der Waals surface area contributed by atoms with E-state index in [1.54, 1.807) is 4.90 Å². The van der Waals surface area contributed by atoms with Crippen molar-refractivity contribution < 1.29 is 14.7 Å². The molecule has 2 aliphatic rings. The minimum Gasteiger partial charge on any atom is -0.481 e. The molecule has 0 aromatic heterocycles. The van der Waals surface area contributed by atoms with E-state index < -0.39 is 11.9 Å². The average Bonchev–Trinajstić information content (AvgIpc) is 2.69. The molecule has 100 valence electrons. The van der Waals surface area contributed by atoms with Gasteiger partial charge in [-0.25, -0.2) is 0 Å². The number of aliphatic carboxylic acids is 1. The van der Waals surface area contributed by atoms with Crippen LogP contribution in [0.4, 0.5) is 5.69 Å². The normalized spacial score (nSPS) is 24.8. The van der Waals surface area contributed by atoms with Gasteiger partial charge in [-0.3, -0.25) is 9.59 Å². The van der Waals surface area contributed by atoms with Gasteiger partial charge in [0.05, 0.1) is 11.8 Å². The van der Waals surface area contributed by atoms with Gasteiger partial charge in [0.15, 0.2) is 0 Å². The summed E-state index contributed by atoms with van der Waals surface area (Å²) in [7, 11) is 0. The number of hydrogen-bond acceptors (Lipinski definition) is 2. The van der Waals surface area contributed by atoms with Crippen molar-refractivity contribution in [2.45, 2.75) is 19.3 Å². The zero-order valence-electron chi connectivity index (χ0n) is 10.3. The van der Waals surface area contributed by atoms with E-state index in [2.05, 4.69) is 15.9 Å². The number of fused-ring (bicyclic) bond motifs is 1. The SMILES string of the molecule is O=C(O)C1CCC1C(=O)N1CCc2cc(Br)ccc21. The van der Waals surface area contributed by atoms with E-state index in [0.29, 0.717) is 19.4 Å². The van der Waals surface area contributed by atoms with Gasteiger partial charge in [0.2, 0.25) is 5.91 Å². The molecule has 1 heterocycles. The van der Waals surface area contributed by atoms with E-state index in [0.717, 1.165) is 22.1 Å². The lowest BCUT2D eigenvalue weighted by atomic mass is 9.73. The van der Waals surface area contributed by atoms with Crippen LogP contribution in [0.3, 0.4) is 0 Å². The summed E-state index contributed by atoms with van der Waals surface area (Å²) in [4.78, 5) is 25.2. The van der Waals surface area contributed by atoms with Crippen LogP contribution >= 0.6 is 15.9 Å². The predicted octanol–water partition coefficient (Wildman–Crippen LogP) is 2.45. The smallest absolute Gasteiger partial charge is 0.307 e. The molecule has 2 atom stereocenters. The molecule has 5 heteroatoms. The van der Waals surface area contributed by atoms with E-state index in [1.807, 2.05) is 18.2 Å². The van der Waals surface area contributed by atoms with Crippen LogP contribution in [-0.4, -0.2) is 23.5 Å². The topological polar surface area (TPSA) is 57.6 Å². The van der Waals surface area contributed by atoms with Gasteiger partial charge in [0, 0.05) is 16.7 Å². The molecule has 3 rings (SSSR count). The Hall–Kier alpha value is -1.36. The van der Waals surface area contributed by atoms with Crippen molar-refractivity contribution in [1.82, 2.24) is 0 Å². The van der Waals surface area contributed by atoms with Crippen molar-refractivity contribution in [3.8, 4) is 0 Å². The van der Waals surface area contributed by atoms with Crippen molar-refractivity contribution in [3.63, 3.8) is 0 Å². The lowest BCUT2D eigenvalue weighted by molar-refractivity contribution is -0.151. The fraction of sp³-hybridized carbons (Fsp3) is 0.429. The summed E-state index contributed by atoms with van der Waals surface area (Å²) in [6.07, 6.45) is 2.15. The second-order valence-electron chi connectivity index (χ2n) is 5.14. The minimum atomic E-state index is -0.847. The second kappa shape index (κ2) is 4.63. The number of carbonyl (C=O) groups excluding carboxylic acids is 1. The number of hydrogen-bond donors (Lipinski definition) is 1. The zero-order chi connectivity index (χ0) is 13.6. The molecule has 4 nitrogen and oxygen atoms in total. The number of halogens is 1. The van der Waals surface area contributed by atoms with Crippen LogP contribution in [0.5, 0.6) is 0 Å². The van der Waals surface area contributed by atoms with Gasteiger partial charge in [0.1, 0.15) is 0 Å². The molecule has 1 amide bonds. The Bertz CT molecular complexity index is 558. The third-order valence-electron chi connectivity index (χ3n) is 4.11. The predicted molar refractivity (Wildman–Crippen MR) is 74.0 cm³/mol. The van der Waals surface area contributed by atoms with Gasteiger partial charge in [-0.1, -0.05) is 15.9 Å². The summed E-state index contributed by atoms with van der Waals surface area (Å²) in [5, 5.41) is 9.05. The third-order valence-corrected chi connectivity index (χ3v) is 4.61. The fourth-order valence-corrected chi connectivity index (χ4v) is 3.30. The van der Waals surface area contributed by atoms with E-state index in [-0.39, 0.29) is 11.8 Å². The molecular weight excluding hydrogens is 310 g/mol. The maximum Gasteiger partial charge on any atom is 0.307 e. The Morgan fingerprint density at radius 3 is 2.63 bits per heavy atom. The highest BCUT2D eigenvalue weighted by molar-refractivity contribution is 9.10. The molecule has 1 aliphatic carbocycles. The van der Waals surface area contributed by atoms with E-state index in [4.69, 9.17) is 5.11 Å². The molecule has 19 heavy (non-hydrogen) atoms. The molecule has 2 unspecified atom stereocenters. The van der Waals surface area contributed by atoms with Crippen LogP contribution in [-0.2, 0) is 16.0 Å². The highest BCUT2D eigenvalue weighted by atomic mass is 79.9. The second-order valence-corrected chi connectivity index (χ2v) is 6.06. The Labute approximate surface area is 119 Å². The molecule has 1 aromatic rings. The first-order chi connectivity index (χ1) is 9.08. The number of benzene rings is 1. The van der Waals surface area contributed by atoms with Gasteiger partial charge < -0.3 is 10.0 Å². The molecule has 0 bridgehead atoms. The molecule has 1 aromatic carbocycles. The number of carboxylic acid groups (broad SMARTS) is 1. The van der Waals surface area contributed by atoms with Crippen LogP contribution in [0.25, 0.3) is 0 Å². The fourth-order valence-electron chi connectivity index (χ4n) is 2.89. The molecule has 1 N–H and O–H groups in total. The van der Waals surface area contributed by atoms with Crippen LogP contribution in [0.15, 0.2) is 22.7 Å². The maximum absolute atomic E-state index is 12.4. The maximum atomic E-state index is 12.4. The van der Waals surface area contributed by atoms with Crippen LogP contribution in [0.1, 0.15) is 18.4 Å². The first-order valence-corrected chi connectivity index (χ1v) is 7.20.